The first-order valence-corrected chi connectivity index (χ1v) is 6.57. The number of piperazine rings is 1. The standard InChI is InChI=1S/C11H15N3O3S/c15-10(13-6-8-2-1-5-18-8)9-7-12-3-4-14(9)11(16)17/h1-2,5,9,12H,3-4,6-7H2,(H,13,15)(H,16,17). The van der Waals surface area contributed by atoms with Crippen molar-refractivity contribution in [3.8, 4) is 0 Å². The van der Waals surface area contributed by atoms with E-state index in [1.165, 1.54) is 4.90 Å². The molecule has 0 saturated carbocycles. The Morgan fingerprint density at radius 3 is 3.11 bits per heavy atom. The number of carboxylic acid groups (broad SMARTS) is 1. The van der Waals surface area contributed by atoms with Crippen LogP contribution >= 0.6 is 11.3 Å². The topological polar surface area (TPSA) is 81.7 Å². The summed E-state index contributed by atoms with van der Waals surface area (Å²) in [6.07, 6.45) is -1.05. The molecule has 0 aliphatic carbocycles. The smallest absolute Gasteiger partial charge is 0.408 e. The van der Waals surface area contributed by atoms with Crippen molar-refractivity contribution in [2.75, 3.05) is 19.6 Å². The number of thiophene rings is 1. The Labute approximate surface area is 109 Å². The molecule has 98 valence electrons. The van der Waals surface area contributed by atoms with Crippen LogP contribution in [0.1, 0.15) is 4.88 Å². The lowest BCUT2D eigenvalue weighted by molar-refractivity contribution is -0.126. The molecule has 1 aliphatic rings. The van der Waals surface area contributed by atoms with Crippen molar-refractivity contribution in [2.24, 2.45) is 0 Å². The van der Waals surface area contributed by atoms with Crippen LogP contribution in [0.3, 0.4) is 0 Å². The van der Waals surface area contributed by atoms with Crippen LogP contribution in [-0.4, -0.2) is 47.7 Å². The van der Waals surface area contributed by atoms with Gasteiger partial charge >= 0.3 is 6.09 Å². The highest BCUT2D eigenvalue weighted by Crippen LogP contribution is 2.09. The van der Waals surface area contributed by atoms with Gasteiger partial charge in [-0.1, -0.05) is 6.07 Å². The average molecular weight is 269 g/mol. The molecule has 0 radical (unpaired) electrons. The van der Waals surface area contributed by atoms with Crippen LogP contribution < -0.4 is 10.6 Å². The summed E-state index contributed by atoms with van der Waals surface area (Å²) in [6, 6.07) is 3.20. The summed E-state index contributed by atoms with van der Waals surface area (Å²) >= 11 is 1.56. The molecule has 1 aromatic heterocycles. The first-order chi connectivity index (χ1) is 8.68. The molecule has 3 N–H and O–H groups in total. The first kappa shape index (κ1) is 12.8. The van der Waals surface area contributed by atoms with Gasteiger partial charge in [0.15, 0.2) is 0 Å². The molecular formula is C11H15N3O3S. The Balaban J connectivity index is 1.92. The van der Waals surface area contributed by atoms with E-state index in [0.29, 0.717) is 26.2 Å². The molecule has 18 heavy (non-hydrogen) atoms. The minimum absolute atomic E-state index is 0.252. The summed E-state index contributed by atoms with van der Waals surface area (Å²) in [7, 11) is 0. The van der Waals surface area contributed by atoms with Crippen LogP contribution in [-0.2, 0) is 11.3 Å². The molecule has 0 spiro atoms. The van der Waals surface area contributed by atoms with Crippen molar-refractivity contribution in [3.63, 3.8) is 0 Å². The zero-order valence-electron chi connectivity index (χ0n) is 9.76. The van der Waals surface area contributed by atoms with Crippen LogP contribution in [0.4, 0.5) is 4.79 Å². The number of carbonyl (C=O) groups excluding carboxylic acids is 1. The lowest BCUT2D eigenvalue weighted by atomic mass is 10.2. The maximum Gasteiger partial charge on any atom is 0.408 e. The molecule has 0 bridgehead atoms. The molecule has 1 aromatic rings. The van der Waals surface area contributed by atoms with Crippen molar-refractivity contribution in [2.45, 2.75) is 12.6 Å². The van der Waals surface area contributed by atoms with Gasteiger partial charge in [0.25, 0.3) is 0 Å². The molecule has 1 fully saturated rings. The van der Waals surface area contributed by atoms with Gasteiger partial charge < -0.3 is 15.7 Å². The minimum atomic E-state index is -1.05. The Morgan fingerprint density at radius 2 is 2.44 bits per heavy atom. The fraction of sp³-hybridized carbons (Fsp3) is 0.455. The largest absolute Gasteiger partial charge is 0.465 e. The van der Waals surface area contributed by atoms with Crippen LogP contribution in [0, 0.1) is 0 Å². The summed E-state index contributed by atoms with van der Waals surface area (Å²) in [6.45, 7) is 1.73. The van der Waals surface area contributed by atoms with Gasteiger partial charge in [-0.15, -0.1) is 11.3 Å². The van der Waals surface area contributed by atoms with Crippen molar-refractivity contribution in [3.05, 3.63) is 22.4 Å². The number of hydrogen-bond donors (Lipinski definition) is 3. The van der Waals surface area contributed by atoms with Crippen LogP contribution in [0.15, 0.2) is 17.5 Å². The molecule has 1 saturated heterocycles. The Kier molecular flexibility index (Phi) is 4.16. The lowest BCUT2D eigenvalue weighted by Crippen LogP contribution is -2.59. The third-order valence-corrected chi connectivity index (χ3v) is 3.69. The fourth-order valence-corrected chi connectivity index (χ4v) is 2.52. The van der Waals surface area contributed by atoms with Crippen molar-refractivity contribution < 1.29 is 14.7 Å². The molecule has 2 heterocycles. The summed E-state index contributed by atoms with van der Waals surface area (Å²) in [5, 5.41) is 16.8. The van der Waals surface area contributed by atoms with E-state index >= 15 is 0 Å². The van der Waals surface area contributed by atoms with Crippen molar-refractivity contribution >= 4 is 23.3 Å². The van der Waals surface area contributed by atoms with E-state index in [1.807, 2.05) is 17.5 Å². The molecule has 0 aromatic carbocycles. The molecule has 6 nitrogen and oxygen atoms in total. The van der Waals surface area contributed by atoms with E-state index in [1.54, 1.807) is 11.3 Å². The number of rotatable bonds is 3. The van der Waals surface area contributed by atoms with E-state index in [9.17, 15) is 9.59 Å². The molecule has 2 rings (SSSR count). The van der Waals surface area contributed by atoms with Crippen LogP contribution in [0.5, 0.6) is 0 Å². The number of hydrogen-bond acceptors (Lipinski definition) is 4. The molecule has 2 amide bonds. The van der Waals surface area contributed by atoms with Gasteiger partial charge in [-0.3, -0.25) is 9.69 Å². The van der Waals surface area contributed by atoms with Gasteiger partial charge in [0.2, 0.25) is 5.91 Å². The van der Waals surface area contributed by atoms with Gasteiger partial charge in [0, 0.05) is 24.5 Å². The summed E-state index contributed by atoms with van der Waals surface area (Å²) < 4.78 is 0. The van der Waals surface area contributed by atoms with Gasteiger partial charge in [0.1, 0.15) is 6.04 Å². The molecular weight excluding hydrogens is 254 g/mol. The minimum Gasteiger partial charge on any atom is -0.465 e. The van der Waals surface area contributed by atoms with E-state index in [4.69, 9.17) is 5.11 Å². The normalized spacial score (nSPS) is 19.6. The number of amides is 2. The summed E-state index contributed by atoms with van der Waals surface area (Å²) in [5.74, 6) is -0.252. The van der Waals surface area contributed by atoms with E-state index in [-0.39, 0.29) is 5.91 Å². The van der Waals surface area contributed by atoms with Gasteiger partial charge in [-0.05, 0) is 11.4 Å². The number of nitrogens with one attached hydrogen (secondary N) is 2. The second-order valence-electron chi connectivity index (χ2n) is 3.99. The highest BCUT2D eigenvalue weighted by Gasteiger charge is 2.31. The maximum atomic E-state index is 12.0. The molecule has 7 heteroatoms. The Hall–Kier alpha value is -1.60. The summed E-state index contributed by atoms with van der Waals surface area (Å²) in [4.78, 5) is 25.2. The Bertz CT molecular complexity index is 421. The highest BCUT2D eigenvalue weighted by molar-refractivity contribution is 7.09. The number of carbonyl (C=O) groups is 2. The van der Waals surface area contributed by atoms with Crippen molar-refractivity contribution in [1.29, 1.82) is 0 Å². The molecule has 1 aliphatic heterocycles. The second kappa shape index (κ2) is 5.83. The predicted molar refractivity (Wildman–Crippen MR) is 67.6 cm³/mol. The van der Waals surface area contributed by atoms with E-state index in [2.05, 4.69) is 10.6 Å². The van der Waals surface area contributed by atoms with E-state index in [0.717, 1.165) is 4.88 Å². The van der Waals surface area contributed by atoms with E-state index < -0.39 is 12.1 Å². The second-order valence-corrected chi connectivity index (χ2v) is 5.03. The third kappa shape index (κ3) is 2.99. The zero-order chi connectivity index (χ0) is 13.0. The van der Waals surface area contributed by atoms with Crippen molar-refractivity contribution in [1.82, 2.24) is 15.5 Å². The predicted octanol–water partition coefficient (Wildman–Crippen LogP) is 0.316. The van der Waals surface area contributed by atoms with Gasteiger partial charge in [-0.25, -0.2) is 4.79 Å². The molecule has 1 atom stereocenters. The average Bonchev–Trinajstić information content (AvgIpc) is 2.89. The third-order valence-electron chi connectivity index (χ3n) is 2.81. The monoisotopic (exact) mass is 269 g/mol. The highest BCUT2D eigenvalue weighted by atomic mass is 32.1. The molecule has 1 unspecified atom stereocenters. The SMILES string of the molecule is O=C(NCc1cccs1)C1CNCCN1C(=O)O. The first-order valence-electron chi connectivity index (χ1n) is 5.69. The van der Waals surface area contributed by atoms with Crippen LogP contribution in [0.25, 0.3) is 0 Å². The fourth-order valence-electron chi connectivity index (χ4n) is 1.87. The Morgan fingerprint density at radius 1 is 1.61 bits per heavy atom. The van der Waals surface area contributed by atoms with Gasteiger partial charge in [-0.2, -0.15) is 0 Å². The summed E-state index contributed by atoms with van der Waals surface area (Å²) in [5.41, 5.74) is 0. The number of nitrogens with zero attached hydrogens (tertiary/aromatic N) is 1. The lowest BCUT2D eigenvalue weighted by Gasteiger charge is -2.32. The zero-order valence-corrected chi connectivity index (χ0v) is 10.6. The maximum absolute atomic E-state index is 12.0. The quantitative estimate of drug-likeness (QED) is 0.738. The van der Waals surface area contributed by atoms with Gasteiger partial charge in [0.05, 0.1) is 6.54 Å². The van der Waals surface area contributed by atoms with Crippen LogP contribution in [0.2, 0.25) is 0 Å².